The second-order valence-electron chi connectivity index (χ2n) is 3.15. The van der Waals surface area contributed by atoms with Gasteiger partial charge in [0.1, 0.15) is 5.56 Å². The zero-order chi connectivity index (χ0) is 13.4. The summed E-state index contributed by atoms with van der Waals surface area (Å²) in [5.74, 6) is -3.45. The lowest BCUT2D eigenvalue weighted by Gasteiger charge is -2.12. The van der Waals surface area contributed by atoms with E-state index < -0.39 is 43.6 Å². The molecule has 4 nitrogen and oxygen atoms in total. The summed E-state index contributed by atoms with van der Waals surface area (Å²) >= 11 is 0. The summed E-state index contributed by atoms with van der Waals surface area (Å²) in [6.07, 6.45) is -4.85. The van der Waals surface area contributed by atoms with Crippen LogP contribution in [0.1, 0.15) is 11.1 Å². The van der Waals surface area contributed by atoms with Gasteiger partial charge in [-0.15, -0.1) is 0 Å². The van der Waals surface area contributed by atoms with Gasteiger partial charge in [0.25, 0.3) is 0 Å². The average molecular weight is 291 g/mol. The van der Waals surface area contributed by atoms with E-state index in [1.807, 2.05) is 0 Å². The number of rotatable bonds is 2. The molecule has 9 heteroatoms. The van der Waals surface area contributed by atoms with E-state index in [1.165, 1.54) is 0 Å². The van der Waals surface area contributed by atoms with Crippen LogP contribution in [0.4, 0.5) is 13.2 Å². The summed E-state index contributed by atoms with van der Waals surface area (Å²) in [4.78, 5) is 0. The van der Waals surface area contributed by atoms with E-state index in [2.05, 4.69) is 0 Å². The summed E-state index contributed by atoms with van der Waals surface area (Å²) in [5.41, 5.74) is -1.86. The van der Waals surface area contributed by atoms with Crippen LogP contribution in [0, 0.1) is 0 Å². The predicted octanol–water partition coefficient (Wildman–Crippen LogP) is 2.19. The van der Waals surface area contributed by atoms with Crippen molar-refractivity contribution in [1.29, 1.82) is 0 Å². The predicted molar refractivity (Wildman–Crippen MR) is 53.3 cm³/mol. The Kier molecular flexibility index (Phi) is 3.49. The fourth-order valence-corrected chi connectivity index (χ4v) is 2.11. The number of halogens is 4. The maximum Gasteiger partial charge on any atom is 0.420 e. The molecule has 0 fully saturated rings. The zero-order valence-electron chi connectivity index (χ0n) is 7.99. The first kappa shape index (κ1) is 13.9. The van der Waals surface area contributed by atoms with E-state index >= 15 is 0 Å². The Morgan fingerprint density at radius 1 is 1.18 bits per heavy atom. The number of phenolic OH excluding ortho intramolecular Hbond substituents is 2. The van der Waals surface area contributed by atoms with E-state index in [4.69, 9.17) is 15.8 Å². The first-order chi connectivity index (χ1) is 7.52. The normalized spacial score (nSPS) is 12.7. The standard InChI is InChI=1S/C8H6ClF3O4S/c9-17(15,16)3-4-1-2-5(8(10,11)12)7(14)6(4)13/h1-2,13-14H,3H2. The highest BCUT2D eigenvalue weighted by Gasteiger charge is 2.35. The van der Waals surface area contributed by atoms with Crippen LogP contribution < -0.4 is 0 Å². The number of hydrogen-bond donors (Lipinski definition) is 2. The molecule has 0 aliphatic heterocycles. The van der Waals surface area contributed by atoms with Crippen LogP contribution in [0.2, 0.25) is 0 Å². The van der Waals surface area contributed by atoms with Crippen LogP contribution in [0.5, 0.6) is 11.5 Å². The molecule has 0 radical (unpaired) electrons. The molecule has 1 aromatic rings. The minimum atomic E-state index is -4.85. The van der Waals surface area contributed by atoms with Crippen molar-refractivity contribution in [2.75, 3.05) is 0 Å². The van der Waals surface area contributed by atoms with Crippen LogP contribution in [0.25, 0.3) is 0 Å². The summed E-state index contributed by atoms with van der Waals surface area (Å²) in [6.45, 7) is 0. The lowest BCUT2D eigenvalue weighted by atomic mass is 10.1. The third kappa shape index (κ3) is 3.40. The molecule has 0 spiro atoms. The van der Waals surface area contributed by atoms with Crippen molar-refractivity contribution in [1.82, 2.24) is 0 Å². The molecule has 0 aliphatic carbocycles. The molecule has 2 N–H and O–H groups in total. The van der Waals surface area contributed by atoms with Gasteiger partial charge in [0.2, 0.25) is 9.05 Å². The Morgan fingerprint density at radius 3 is 2.12 bits per heavy atom. The van der Waals surface area contributed by atoms with Crippen molar-refractivity contribution in [2.24, 2.45) is 0 Å². The maximum atomic E-state index is 12.3. The Morgan fingerprint density at radius 2 is 1.71 bits per heavy atom. The minimum Gasteiger partial charge on any atom is -0.504 e. The zero-order valence-corrected chi connectivity index (χ0v) is 9.57. The van der Waals surface area contributed by atoms with Crippen LogP contribution in [0.15, 0.2) is 12.1 Å². The van der Waals surface area contributed by atoms with Gasteiger partial charge in [-0.3, -0.25) is 0 Å². The first-order valence-corrected chi connectivity index (χ1v) is 6.53. The number of benzene rings is 1. The van der Waals surface area contributed by atoms with E-state index in [0.717, 1.165) is 6.07 Å². The van der Waals surface area contributed by atoms with Crippen LogP contribution in [-0.4, -0.2) is 18.6 Å². The number of phenols is 2. The molecule has 17 heavy (non-hydrogen) atoms. The summed E-state index contributed by atoms with van der Waals surface area (Å²) in [7, 11) is 0.834. The maximum absolute atomic E-state index is 12.3. The SMILES string of the molecule is O=S(=O)(Cl)Cc1ccc(C(F)(F)F)c(O)c1O. The van der Waals surface area contributed by atoms with Crippen molar-refractivity contribution < 1.29 is 31.8 Å². The molecule has 0 amide bonds. The van der Waals surface area contributed by atoms with Gasteiger partial charge in [0, 0.05) is 16.2 Å². The monoisotopic (exact) mass is 290 g/mol. The third-order valence-corrected chi connectivity index (χ3v) is 2.85. The third-order valence-electron chi connectivity index (χ3n) is 1.87. The van der Waals surface area contributed by atoms with Gasteiger partial charge in [-0.2, -0.15) is 13.2 Å². The second kappa shape index (κ2) is 4.26. The topological polar surface area (TPSA) is 74.6 Å². The molecule has 0 saturated carbocycles. The van der Waals surface area contributed by atoms with Crippen LogP contribution >= 0.6 is 10.7 Å². The van der Waals surface area contributed by atoms with Crippen molar-refractivity contribution in [3.63, 3.8) is 0 Å². The van der Waals surface area contributed by atoms with Gasteiger partial charge in [-0.25, -0.2) is 8.42 Å². The fourth-order valence-electron chi connectivity index (χ4n) is 1.15. The highest BCUT2D eigenvalue weighted by molar-refractivity contribution is 8.13. The summed E-state index contributed by atoms with van der Waals surface area (Å²) in [5, 5.41) is 18.3. The van der Waals surface area contributed by atoms with Crippen molar-refractivity contribution in [3.05, 3.63) is 23.3 Å². The number of aromatic hydroxyl groups is 2. The van der Waals surface area contributed by atoms with Crippen molar-refractivity contribution >= 4 is 19.7 Å². The fraction of sp³-hybridized carbons (Fsp3) is 0.250. The second-order valence-corrected chi connectivity index (χ2v) is 5.93. The Labute approximate surface area is 98.7 Å². The van der Waals surface area contributed by atoms with Gasteiger partial charge in [0.05, 0.1) is 5.75 Å². The Hall–Kier alpha value is -1.15. The smallest absolute Gasteiger partial charge is 0.420 e. The van der Waals surface area contributed by atoms with Gasteiger partial charge in [-0.05, 0) is 6.07 Å². The summed E-state index contributed by atoms with van der Waals surface area (Å²) in [6, 6.07) is 1.20. The van der Waals surface area contributed by atoms with Crippen LogP contribution in [0.3, 0.4) is 0 Å². The first-order valence-electron chi connectivity index (χ1n) is 4.05. The van der Waals surface area contributed by atoms with Crippen molar-refractivity contribution in [3.8, 4) is 11.5 Å². The quantitative estimate of drug-likeness (QED) is 0.647. The van der Waals surface area contributed by atoms with E-state index in [-0.39, 0.29) is 0 Å². The van der Waals surface area contributed by atoms with E-state index in [0.29, 0.717) is 6.07 Å². The van der Waals surface area contributed by atoms with E-state index in [9.17, 15) is 26.7 Å². The molecular formula is C8H6ClF3O4S. The highest BCUT2D eigenvalue weighted by Crippen LogP contribution is 2.42. The molecule has 1 rings (SSSR count). The van der Waals surface area contributed by atoms with Gasteiger partial charge >= 0.3 is 6.18 Å². The Balaban J connectivity index is 3.30. The Bertz CT molecular complexity index is 538. The summed E-state index contributed by atoms with van der Waals surface area (Å²) < 4.78 is 58.2. The molecule has 0 atom stereocenters. The molecule has 0 unspecified atom stereocenters. The molecular weight excluding hydrogens is 285 g/mol. The molecule has 0 aromatic heterocycles. The van der Waals surface area contributed by atoms with Crippen LogP contribution in [-0.2, 0) is 21.0 Å². The van der Waals surface area contributed by atoms with Gasteiger partial charge in [-0.1, -0.05) is 6.07 Å². The molecule has 0 heterocycles. The van der Waals surface area contributed by atoms with Gasteiger partial charge < -0.3 is 10.2 Å². The van der Waals surface area contributed by atoms with E-state index in [1.54, 1.807) is 0 Å². The molecule has 0 saturated heterocycles. The average Bonchev–Trinajstić information content (AvgIpc) is 2.08. The molecule has 96 valence electrons. The number of alkyl halides is 3. The lowest BCUT2D eigenvalue weighted by Crippen LogP contribution is -2.06. The molecule has 1 aromatic carbocycles. The highest BCUT2D eigenvalue weighted by atomic mass is 35.7. The molecule has 0 aliphatic rings. The number of hydrogen-bond acceptors (Lipinski definition) is 4. The van der Waals surface area contributed by atoms with Gasteiger partial charge in [0.15, 0.2) is 11.5 Å². The van der Waals surface area contributed by atoms with Crippen molar-refractivity contribution in [2.45, 2.75) is 11.9 Å². The minimum absolute atomic E-state index is 0.412. The largest absolute Gasteiger partial charge is 0.504 e. The molecule has 0 bridgehead atoms. The lowest BCUT2D eigenvalue weighted by molar-refractivity contribution is -0.138.